The summed E-state index contributed by atoms with van der Waals surface area (Å²) in [6.07, 6.45) is 3.90. The van der Waals surface area contributed by atoms with Gasteiger partial charge in [-0.05, 0) is 30.0 Å². The van der Waals surface area contributed by atoms with Gasteiger partial charge in [-0.3, -0.25) is 9.29 Å². The summed E-state index contributed by atoms with van der Waals surface area (Å²) in [7, 11) is -3.17. The second-order valence-electron chi connectivity index (χ2n) is 6.71. The number of rotatable bonds is 7. The number of benzene rings is 1. The molecule has 7 nitrogen and oxygen atoms in total. The molecule has 0 spiro atoms. The zero-order valence-electron chi connectivity index (χ0n) is 15.1. The maximum absolute atomic E-state index is 12.1. The maximum atomic E-state index is 12.1. The van der Waals surface area contributed by atoms with Gasteiger partial charge < -0.3 is 10.1 Å². The maximum Gasteiger partial charge on any atom is 0.235 e. The summed E-state index contributed by atoms with van der Waals surface area (Å²) >= 11 is 0. The van der Waals surface area contributed by atoms with Crippen LogP contribution in [0.25, 0.3) is 0 Å². The van der Waals surface area contributed by atoms with Crippen LogP contribution in [0.4, 0.5) is 11.5 Å². The first-order valence-corrected chi connectivity index (χ1v) is 10.3. The Labute approximate surface area is 154 Å². The van der Waals surface area contributed by atoms with E-state index < -0.39 is 10.0 Å². The van der Waals surface area contributed by atoms with Crippen LogP contribution in [0.15, 0.2) is 36.7 Å². The van der Waals surface area contributed by atoms with Crippen LogP contribution in [-0.2, 0) is 16.6 Å². The minimum absolute atomic E-state index is 0.217. The normalized spacial score (nSPS) is 16.0. The molecule has 0 saturated carbocycles. The summed E-state index contributed by atoms with van der Waals surface area (Å²) < 4.78 is 31.2. The van der Waals surface area contributed by atoms with Gasteiger partial charge in [0.15, 0.2) is 0 Å². The Morgan fingerprint density at radius 2 is 2.15 bits per heavy atom. The standard InChI is InChI=1S/C18H24N4O3S/c1-14(2)13-25-18-12-19-11-17(21-18)20-10-15-5-3-6-16(9-15)22-7-4-8-26(22,23)24/h3,5-6,9,11-12,14H,4,7-8,10,13H2,1-2H3,(H,20,21). The Balaban J connectivity index is 1.65. The van der Waals surface area contributed by atoms with Gasteiger partial charge in [0, 0.05) is 13.1 Å². The summed E-state index contributed by atoms with van der Waals surface area (Å²) in [5.74, 6) is 1.73. The van der Waals surface area contributed by atoms with Crippen molar-refractivity contribution in [3.8, 4) is 5.88 Å². The SMILES string of the molecule is CC(C)COc1cncc(NCc2cccc(N3CCCS3(=O)=O)c2)n1. The van der Waals surface area contributed by atoms with Crippen LogP contribution in [0.3, 0.4) is 0 Å². The van der Waals surface area contributed by atoms with Gasteiger partial charge in [0.05, 0.1) is 30.4 Å². The van der Waals surface area contributed by atoms with Crippen LogP contribution in [0, 0.1) is 5.92 Å². The van der Waals surface area contributed by atoms with Crippen molar-refractivity contribution in [3.63, 3.8) is 0 Å². The van der Waals surface area contributed by atoms with Crippen LogP contribution in [0.1, 0.15) is 25.8 Å². The summed E-state index contributed by atoms with van der Waals surface area (Å²) in [6.45, 7) is 5.79. The largest absolute Gasteiger partial charge is 0.476 e. The average molecular weight is 376 g/mol. The molecule has 26 heavy (non-hydrogen) atoms. The molecule has 0 radical (unpaired) electrons. The number of sulfonamides is 1. The van der Waals surface area contributed by atoms with Gasteiger partial charge in [0.1, 0.15) is 5.82 Å². The van der Waals surface area contributed by atoms with Crippen molar-refractivity contribution >= 4 is 21.5 Å². The zero-order chi connectivity index (χ0) is 18.6. The number of ether oxygens (including phenoxy) is 1. The monoisotopic (exact) mass is 376 g/mol. The molecule has 1 aromatic carbocycles. The van der Waals surface area contributed by atoms with E-state index in [4.69, 9.17) is 4.74 Å². The third kappa shape index (κ3) is 4.63. The zero-order valence-corrected chi connectivity index (χ0v) is 15.9. The first kappa shape index (κ1) is 18.4. The number of aromatic nitrogens is 2. The van der Waals surface area contributed by atoms with E-state index in [0.717, 1.165) is 5.56 Å². The number of anilines is 2. The lowest BCUT2D eigenvalue weighted by Crippen LogP contribution is -2.25. The minimum atomic E-state index is -3.17. The van der Waals surface area contributed by atoms with E-state index in [-0.39, 0.29) is 5.75 Å². The molecular weight excluding hydrogens is 352 g/mol. The van der Waals surface area contributed by atoms with Gasteiger partial charge in [-0.25, -0.2) is 8.42 Å². The summed E-state index contributed by atoms with van der Waals surface area (Å²) in [5, 5.41) is 3.21. The molecule has 1 aliphatic heterocycles. The fourth-order valence-corrected chi connectivity index (χ4v) is 4.25. The third-order valence-electron chi connectivity index (χ3n) is 3.95. The number of hydrogen-bond donors (Lipinski definition) is 1. The molecule has 0 unspecified atom stereocenters. The lowest BCUT2D eigenvalue weighted by molar-refractivity contribution is 0.260. The Bertz CT molecular complexity index is 855. The second-order valence-corrected chi connectivity index (χ2v) is 8.73. The molecule has 1 saturated heterocycles. The molecular formula is C18H24N4O3S. The molecule has 0 amide bonds. The van der Waals surface area contributed by atoms with Gasteiger partial charge in [0.2, 0.25) is 15.9 Å². The number of hydrogen-bond acceptors (Lipinski definition) is 6. The predicted octanol–water partition coefficient (Wildman–Crippen LogP) is 2.66. The fraction of sp³-hybridized carbons (Fsp3) is 0.444. The highest BCUT2D eigenvalue weighted by molar-refractivity contribution is 7.93. The van der Waals surface area contributed by atoms with Gasteiger partial charge in [0.25, 0.3) is 0 Å². The molecule has 8 heteroatoms. The molecule has 1 aliphatic rings. The van der Waals surface area contributed by atoms with E-state index in [2.05, 4.69) is 29.1 Å². The molecule has 2 aromatic rings. The van der Waals surface area contributed by atoms with Crippen molar-refractivity contribution in [2.24, 2.45) is 5.92 Å². The minimum Gasteiger partial charge on any atom is -0.476 e. The van der Waals surface area contributed by atoms with Crippen LogP contribution in [0.2, 0.25) is 0 Å². The van der Waals surface area contributed by atoms with Crippen molar-refractivity contribution in [2.45, 2.75) is 26.8 Å². The summed E-state index contributed by atoms with van der Waals surface area (Å²) in [5.41, 5.74) is 1.68. The van der Waals surface area contributed by atoms with Crippen molar-refractivity contribution in [1.29, 1.82) is 0 Å². The smallest absolute Gasteiger partial charge is 0.235 e. The Morgan fingerprint density at radius 1 is 1.31 bits per heavy atom. The molecule has 140 valence electrons. The Kier molecular flexibility index (Phi) is 5.61. The first-order chi connectivity index (χ1) is 12.4. The topological polar surface area (TPSA) is 84.4 Å². The first-order valence-electron chi connectivity index (χ1n) is 8.72. The van der Waals surface area contributed by atoms with Crippen LogP contribution in [0.5, 0.6) is 5.88 Å². The van der Waals surface area contributed by atoms with Gasteiger partial charge in [-0.15, -0.1) is 0 Å². The molecule has 0 bridgehead atoms. The summed E-state index contributed by atoms with van der Waals surface area (Å²) in [6, 6.07) is 7.54. The molecule has 1 fully saturated rings. The van der Waals surface area contributed by atoms with Crippen molar-refractivity contribution in [1.82, 2.24) is 9.97 Å². The van der Waals surface area contributed by atoms with Crippen LogP contribution >= 0.6 is 0 Å². The third-order valence-corrected chi connectivity index (χ3v) is 5.82. The number of nitrogens with one attached hydrogen (secondary N) is 1. The lowest BCUT2D eigenvalue weighted by Gasteiger charge is -2.17. The molecule has 1 aromatic heterocycles. The van der Waals surface area contributed by atoms with Crippen molar-refractivity contribution in [2.75, 3.05) is 28.5 Å². The van der Waals surface area contributed by atoms with Gasteiger partial charge >= 0.3 is 0 Å². The highest BCUT2D eigenvalue weighted by Crippen LogP contribution is 2.25. The molecule has 2 heterocycles. The fourth-order valence-electron chi connectivity index (χ4n) is 2.70. The molecule has 3 rings (SSSR count). The van der Waals surface area contributed by atoms with E-state index in [1.165, 1.54) is 4.31 Å². The highest BCUT2D eigenvalue weighted by atomic mass is 32.2. The van der Waals surface area contributed by atoms with E-state index in [1.807, 2.05) is 24.3 Å². The average Bonchev–Trinajstić information content (AvgIpc) is 2.98. The van der Waals surface area contributed by atoms with Crippen molar-refractivity contribution < 1.29 is 13.2 Å². The highest BCUT2D eigenvalue weighted by Gasteiger charge is 2.28. The quantitative estimate of drug-likeness (QED) is 0.800. The van der Waals surface area contributed by atoms with Crippen molar-refractivity contribution in [3.05, 3.63) is 42.2 Å². The number of nitrogens with zero attached hydrogens (tertiary/aromatic N) is 3. The van der Waals surface area contributed by atoms with Gasteiger partial charge in [-0.1, -0.05) is 26.0 Å². The van der Waals surface area contributed by atoms with E-state index in [9.17, 15) is 8.42 Å². The lowest BCUT2D eigenvalue weighted by atomic mass is 10.2. The summed E-state index contributed by atoms with van der Waals surface area (Å²) in [4.78, 5) is 8.52. The van der Waals surface area contributed by atoms with Crippen LogP contribution in [-0.4, -0.2) is 37.3 Å². The second kappa shape index (κ2) is 7.90. The predicted molar refractivity (Wildman–Crippen MR) is 102 cm³/mol. The molecule has 0 aliphatic carbocycles. The van der Waals surface area contributed by atoms with Crippen LogP contribution < -0.4 is 14.4 Å². The molecule has 1 N–H and O–H groups in total. The van der Waals surface area contributed by atoms with E-state index in [0.29, 0.717) is 49.4 Å². The molecule has 0 atom stereocenters. The van der Waals surface area contributed by atoms with E-state index in [1.54, 1.807) is 12.4 Å². The van der Waals surface area contributed by atoms with E-state index >= 15 is 0 Å². The Hall–Kier alpha value is -2.35. The van der Waals surface area contributed by atoms with Gasteiger partial charge in [-0.2, -0.15) is 4.98 Å². The Morgan fingerprint density at radius 3 is 2.88 bits per heavy atom.